The maximum absolute atomic E-state index is 2.52. The Kier molecular flexibility index (Phi) is 6.75. The Bertz CT molecular complexity index is 2480. The lowest BCUT2D eigenvalue weighted by Gasteiger charge is -2.48. The van der Waals surface area contributed by atoms with Gasteiger partial charge in [-0.2, -0.15) is 0 Å². The van der Waals surface area contributed by atoms with E-state index in [4.69, 9.17) is 0 Å². The van der Waals surface area contributed by atoms with E-state index in [9.17, 15) is 0 Å². The molecule has 246 valence electrons. The Labute approximate surface area is 311 Å². The summed E-state index contributed by atoms with van der Waals surface area (Å²) < 4.78 is 0. The van der Waals surface area contributed by atoms with E-state index in [1.54, 1.807) is 0 Å². The van der Waals surface area contributed by atoms with Crippen LogP contribution in [0, 0.1) is 0 Å². The maximum atomic E-state index is 2.52. The fourth-order valence-electron chi connectivity index (χ4n) is 9.24. The van der Waals surface area contributed by atoms with Crippen molar-refractivity contribution < 1.29 is 0 Å². The summed E-state index contributed by atoms with van der Waals surface area (Å²) in [6.07, 6.45) is 0. The zero-order chi connectivity index (χ0) is 34.9. The predicted octanol–water partition coefficient (Wildman–Crippen LogP) is 8.07. The lowest BCUT2D eigenvalue weighted by molar-refractivity contribution is 1.23. The molecule has 8 aromatic rings. The average molecular weight is 673 g/mol. The number of anilines is 9. The van der Waals surface area contributed by atoms with Crippen LogP contribution in [-0.4, -0.2) is 13.4 Å². The van der Waals surface area contributed by atoms with Gasteiger partial charge in [-0.15, -0.1) is 0 Å². The molecule has 0 unspecified atom stereocenters. The summed E-state index contributed by atoms with van der Waals surface area (Å²) in [5.41, 5.74) is 18.8. The molecule has 0 N–H and O–H groups in total. The van der Waals surface area contributed by atoms with Crippen LogP contribution in [0.1, 0.15) is 0 Å². The highest BCUT2D eigenvalue weighted by atomic mass is 15.2. The summed E-state index contributed by atoms with van der Waals surface area (Å²) in [4.78, 5) is 7.44. The molecule has 3 aliphatic rings. The lowest BCUT2D eigenvalue weighted by atomic mass is 9.19. The van der Waals surface area contributed by atoms with Gasteiger partial charge in [0.1, 0.15) is 0 Å². The third kappa shape index (κ3) is 4.50. The zero-order valence-electron chi connectivity index (χ0n) is 29.0. The van der Waals surface area contributed by atoms with Crippen molar-refractivity contribution in [1.29, 1.82) is 0 Å². The second-order valence-corrected chi connectivity index (χ2v) is 14.1. The SMILES string of the molecule is c1ccc(B2c3cccc4c3B3c5c2cccc5N(c2ccccc2)c2cc(N(c5ccccc5)c5ccccc5)cc(c23)N4c2ccccc2)cc1. The van der Waals surface area contributed by atoms with Gasteiger partial charge >= 0.3 is 0 Å². The molecular formula is C48H33B2N3. The molecule has 3 nitrogen and oxygen atoms in total. The molecule has 0 radical (unpaired) electrons. The van der Waals surface area contributed by atoms with Gasteiger partial charge < -0.3 is 14.7 Å². The minimum absolute atomic E-state index is 0.0771. The minimum Gasteiger partial charge on any atom is -0.311 e. The van der Waals surface area contributed by atoms with Gasteiger partial charge in [-0.05, 0) is 89.2 Å². The number of benzene rings is 8. The Morgan fingerprint density at radius 2 is 0.736 bits per heavy atom. The molecule has 53 heavy (non-hydrogen) atoms. The van der Waals surface area contributed by atoms with Gasteiger partial charge in [0.15, 0.2) is 0 Å². The van der Waals surface area contributed by atoms with Gasteiger partial charge in [0.2, 0.25) is 6.71 Å². The van der Waals surface area contributed by atoms with Crippen molar-refractivity contribution in [2.24, 2.45) is 0 Å². The molecule has 0 aliphatic carbocycles. The number of hydrogen-bond donors (Lipinski definition) is 0. The first-order chi connectivity index (χ1) is 26.3. The highest BCUT2D eigenvalue weighted by molar-refractivity contribution is 7.13. The Morgan fingerprint density at radius 1 is 0.321 bits per heavy atom. The Hall–Kier alpha value is -6.71. The summed E-state index contributed by atoms with van der Waals surface area (Å²) >= 11 is 0. The topological polar surface area (TPSA) is 9.72 Å². The quantitative estimate of drug-likeness (QED) is 0.166. The van der Waals surface area contributed by atoms with Gasteiger partial charge in [0, 0.05) is 45.5 Å². The largest absolute Gasteiger partial charge is 0.311 e. The fraction of sp³-hybridized carbons (Fsp3) is 0. The second-order valence-electron chi connectivity index (χ2n) is 14.1. The molecule has 11 rings (SSSR count). The molecule has 0 saturated carbocycles. The molecule has 5 heteroatoms. The van der Waals surface area contributed by atoms with Crippen LogP contribution in [0.5, 0.6) is 0 Å². The molecule has 0 saturated heterocycles. The molecule has 0 amide bonds. The van der Waals surface area contributed by atoms with Gasteiger partial charge in [0.25, 0.3) is 6.71 Å². The molecule has 0 fully saturated rings. The van der Waals surface area contributed by atoms with E-state index in [1.807, 2.05) is 0 Å². The first-order valence-corrected chi connectivity index (χ1v) is 18.4. The first-order valence-electron chi connectivity index (χ1n) is 18.4. The standard InChI is InChI=1S/C48H33B2N3/c1-6-18-34(19-7-1)49-40-28-16-30-42-46(40)50-47-41(49)29-17-31-43(47)53(38-26-14-5-15-27-38)45-33-39(32-44(48(45)50)52(42)37-24-12-4-13-25-37)51(35-20-8-2-9-21-35)36-22-10-3-11-23-36/h1-33H. The Morgan fingerprint density at radius 3 is 1.19 bits per heavy atom. The van der Waals surface area contributed by atoms with Crippen molar-refractivity contribution in [1.82, 2.24) is 0 Å². The summed E-state index contributed by atoms with van der Waals surface area (Å²) in [6, 6.07) is 73.3. The van der Waals surface area contributed by atoms with E-state index in [0.29, 0.717) is 0 Å². The molecule has 0 atom stereocenters. The van der Waals surface area contributed by atoms with Crippen LogP contribution in [0.25, 0.3) is 0 Å². The van der Waals surface area contributed by atoms with Crippen molar-refractivity contribution >= 4 is 97.4 Å². The molecule has 0 bridgehead atoms. The molecule has 8 aromatic carbocycles. The van der Waals surface area contributed by atoms with Crippen LogP contribution in [0.2, 0.25) is 0 Å². The molecule has 0 spiro atoms. The predicted molar refractivity (Wildman–Crippen MR) is 226 cm³/mol. The summed E-state index contributed by atoms with van der Waals surface area (Å²) in [6.45, 7) is 0.190. The smallest absolute Gasteiger partial charge is 0.250 e. The Balaban J connectivity index is 1.28. The molecular weight excluding hydrogens is 640 g/mol. The molecule has 3 aliphatic heterocycles. The first kappa shape index (κ1) is 30.0. The van der Waals surface area contributed by atoms with Crippen LogP contribution < -0.4 is 47.5 Å². The van der Waals surface area contributed by atoms with Gasteiger partial charge in [-0.25, -0.2) is 0 Å². The van der Waals surface area contributed by atoms with Crippen LogP contribution >= 0.6 is 0 Å². The van der Waals surface area contributed by atoms with E-state index in [0.717, 1.165) is 28.4 Å². The van der Waals surface area contributed by atoms with Gasteiger partial charge in [0.05, 0.1) is 5.69 Å². The maximum Gasteiger partial charge on any atom is 0.250 e. The highest BCUT2D eigenvalue weighted by Crippen LogP contribution is 2.47. The van der Waals surface area contributed by atoms with Crippen LogP contribution in [-0.2, 0) is 0 Å². The summed E-state index contributed by atoms with van der Waals surface area (Å²) in [5.74, 6) is 0. The normalized spacial score (nSPS) is 13.1. The van der Waals surface area contributed by atoms with Crippen molar-refractivity contribution in [2.45, 2.75) is 0 Å². The van der Waals surface area contributed by atoms with Crippen LogP contribution in [0.3, 0.4) is 0 Å². The molecule has 3 heterocycles. The van der Waals surface area contributed by atoms with E-state index >= 15 is 0 Å². The van der Waals surface area contributed by atoms with Gasteiger partial charge in [-0.1, -0.05) is 144 Å². The number of nitrogens with zero attached hydrogens (tertiary/aromatic N) is 3. The minimum atomic E-state index is 0.0771. The van der Waals surface area contributed by atoms with Gasteiger partial charge in [-0.3, -0.25) is 0 Å². The number of rotatable bonds is 6. The van der Waals surface area contributed by atoms with E-state index in [-0.39, 0.29) is 13.4 Å². The second kappa shape index (κ2) is 11.9. The van der Waals surface area contributed by atoms with Crippen molar-refractivity contribution in [3.63, 3.8) is 0 Å². The van der Waals surface area contributed by atoms with Crippen molar-refractivity contribution in [2.75, 3.05) is 14.7 Å². The van der Waals surface area contributed by atoms with Crippen molar-refractivity contribution in [3.8, 4) is 0 Å². The van der Waals surface area contributed by atoms with Crippen molar-refractivity contribution in [3.05, 3.63) is 200 Å². The van der Waals surface area contributed by atoms with E-state index in [2.05, 4.69) is 215 Å². The average Bonchev–Trinajstić information content (AvgIpc) is 3.23. The highest BCUT2D eigenvalue weighted by Gasteiger charge is 2.50. The third-order valence-corrected chi connectivity index (χ3v) is 11.3. The van der Waals surface area contributed by atoms with Crippen LogP contribution in [0.15, 0.2) is 200 Å². The van der Waals surface area contributed by atoms with E-state index < -0.39 is 0 Å². The summed E-state index contributed by atoms with van der Waals surface area (Å²) in [7, 11) is 0. The van der Waals surface area contributed by atoms with Crippen LogP contribution in [0.4, 0.5) is 51.2 Å². The lowest BCUT2D eigenvalue weighted by Crippen LogP contribution is -2.78. The zero-order valence-corrected chi connectivity index (χ0v) is 29.0. The fourth-order valence-corrected chi connectivity index (χ4v) is 9.24. The van der Waals surface area contributed by atoms with E-state index in [1.165, 1.54) is 55.5 Å². The monoisotopic (exact) mass is 673 g/mol. The third-order valence-electron chi connectivity index (χ3n) is 11.3. The molecule has 0 aromatic heterocycles. The summed E-state index contributed by atoms with van der Waals surface area (Å²) in [5, 5.41) is 0. The number of para-hydroxylation sites is 4. The number of hydrogen-bond acceptors (Lipinski definition) is 3.